The lowest BCUT2D eigenvalue weighted by molar-refractivity contribution is -0.147. The topological polar surface area (TPSA) is 64.7 Å². The summed E-state index contributed by atoms with van der Waals surface area (Å²) in [5, 5.41) is 8.82. The largest absolute Gasteiger partial charge is 0.395 e. The van der Waals surface area contributed by atoms with Crippen LogP contribution < -0.4 is 5.73 Å². The monoisotopic (exact) mass is 175 g/mol. The molecule has 0 amide bonds. The predicted octanol–water partition coefficient (Wildman–Crippen LogP) is -0.154. The number of aliphatic hydroxyl groups excluding tert-OH is 1. The fourth-order valence-electron chi connectivity index (χ4n) is 1.51. The van der Waals surface area contributed by atoms with Crippen molar-refractivity contribution in [2.45, 2.75) is 44.8 Å². The fourth-order valence-corrected chi connectivity index (χ4v) is 1.51. The van der Waals surface area contributed by atoms with Crippen molar-refractivity contribution in [2.24, 2.45) is 5.73 Å². The molecule has 1 aliphatic heterocycles. The molecule has 72 valence electrons. The number of aliphatic hydroxyl groups is 1. The van der Waals surface area contributed by atoms with Crippen molar-refractivity contribution in [3.63, 3.8) is 0 Å². The molecule has 0 aliphatic carbocycles. The Labute approximate surface area is 72.6 Å². The highest BCUT2D eigenvalue weighted by Gasteiger charge is 2.41. The van der Waals surface area contributed by atoms with Crippen molar-refractivity contribution in [1.82, 2.24) is 0 Å². The maximum atomic E-state index is 8.82. The zero-order valence-electron chi connectivity index (χ0n) is 7.78. The molecule has 0 saturated carbocycles. The van der Waals surface area contributed by atoms with E-state index in [0.29, 0.717) is 0 Å². The van der Waals surface area contributed by atoms with Crippen LogP contribution in [0.3, 0.4) is 0 Å². The van der Waals surface area contributed by atoms with Crippen LogP contribution in [-0.4, -0.2) is 35.8 Å². The van der Waals surface area contributed by atoms with E-state index in [4.69, 9.17) is 20.3 Å². The summed E-state index contributed by atoms with van der Waals surface area (Å²) in [7, 11) is 0. The second kappa shape index (κ2) is 3.30. The Bertz CT molecular complexity index is 160. The molecule has 1 fully saturated rings. The van der Waals surface area contributed by atoms with Crippen LogP contribution >= 0.6 is 0 Å². The lowest BCUT2D eigenvalue weighted by Crippen LogP contribution is -2.43. The molecule has 0 aromatic heterocycles. The summed E-state index contributed by atoms with van der Waals surface area (Å²) < 4.78 is 11.0. The Morgan fingerprint density at radius 3 is 2.42 bits per heavy atom. The molecule has 1 rings (SSSR count). The molecule has 1 heterocycles. The first-order valence-corrected chi connectivity index (χ1v) is 4.18. The van der Waals surface area contributed by atoms with Crippen LogP contribution in [0.4, 0.5) is 0 Å². The molecule has 4 nitrogen and oxygen atoms in total. The van der Waals surface area contributed by atoms with Crippen LogP contribution in [0.2, 0.25) is 0 Å². The lowest BCUT2D eigenvalue weighted by Gasteiger charge is -2.20. The van der Waals surface area contributed by atoms with E-state index in [9.17, 15) is 0 Å². The van der Waals surface area contributed by atoms with Gasteiger partial charge < -0.3 is 20.3 Å². The summed E-state index contributed by atoms with van der Waals surface area (Å²) in [6.45, 7) is 5.50. The number of hydrogen-bond donors (Lipinski definition) is 2. The highest BCUT2D eigenvalue weighted by atomic mass is 16.8. The molecule has 0 spiro atoms. The minimum absolute atomic E-state index is 0.0536. The molecule has 12 heavy (non-hydrogen) atoms. The van der Waals surface area contributed by atoms with Gasteiger partial charge in [0.2, 0.25) is 0 Å². The summed E-state index contributed by atoms with van der Waals surface area (Å²) in [4.78, 5) is 0. The number of rotatable bonds is 2. The highest BCUT2D eigenvalue weighted by molar-refractivity contribution is 4.85. The van der Waals surface area contributed by atoms with E-state index in [0.717, 1.165) is 0 Å². The molecule has 3 N–H and O–H groups in total. The van der Waals surface area contributed by atoms with Gasteiger partial charge in [-0.3, -0.25) is 0 Å². The van der Waals surface area contributed by atoms with Crippen molar-refractivity contribution in [1.29, 1.82) is 0 Å². The Morgan fingerprint density at radius 2 is 2.08 bits per heavy atom. The molecule has 0 unspecified atom stereocenters. The lowest BCUT2D eigenvalue weighted by atomic mass is 10.1. The Kier molecular flexibility index (Phi) is 2.73. The van der Waals surface area contributed by atoms with E-state index in [2.05, 4.69) is 0 Å². The molecule has 1 aliphatic rings. The molecule has 0 aromatic rings. The van der Waals surface area contributed by atoms with Crippen LogP contribution in [0.5, 0.6) is 0 Å². The van der Waals surface area contributed by atoms with Gasteiger partial charge in [-0.2, -0.15) is 0 Å². The summed E-state index contributed by atoms with van der Waals surface area (Å²) in [6, 6.07) is -0.359. The first-order chi connectivity index (χ1) is 5.46. The van der Waals surface area contributed by atoms with Gasteiger partial charge in [-0.1, -0.05) is 0 Å². The van der Waals surface area contributed by atoms with Crippen molar-refractivity contribution >= 4 is 0 Å². The third-order valence-electron chi connectivity index (χ3n) is 1.99. The number of ether oxygens (including phenoxy) is 2. The van der Waals surface area contributed by atoms with Gasteiger partial charge >= 0.3 is 0 Å². The maximum Gasteiger partial charge on any atom is 0.163 e. The van der Waals surface area contributed by atoms with E-state index >= 15 is 0 Å². The normalized spacial score (nSPS) is 36.8. The molecular formula is C8H17NO3. The molecule has 0 radical (unpaired) electrons. The van der Waals surface area contributed by atoms with Crippen LogP contribution in [0.15, 0.2) is 0 Å². The first kappa shape index (κ1) is 9.92. The van der Waals surface area contributed by atoms with E-state index < -0.39 is 5.79 Å². The fraction of sp³-hybridized carbons (Fsp3) is 1.00. The Balaban J connectivity index is 2.57. The van der Waals surface area contributed by atoms with Gasteiger partial charge in [0.1, 0.15) is 6.10 Å². The van der Waals surface area contributed by atoms with Crippen molar-refractivity contribution in [2.75, 3.05) is 6.61 Å². The van der Waals surface area contributed by atoms with Crippen molar-refractivity contribution in [3.05, 3.63) is 0 Å². The standard InChI is InChI=1S/C8H17NO3/c1-5-7(6(9)4-10)12-8(2,3)11-5/h5-7,10H,4,9H2,1-3H3/t5-,6+,7-/m1/s1. The van der Waals surface area contributed by atoms with Crippen LogP contribution in [0.25, 0.3) is 0 Å². The second-order valence-corrected chi connectivity index (χ2v) is 3.65. The quantitative estimate of drug-likeness (QED) is 0.612. The van der Waals surface area contributed by atoms with Gasteiger partial charge in [-0.05, 0) is 20.8 Å². The third-order valence-corrected chi connectivity index (χ3v) is 1.99. The molecule has 0 aromatic carbocycles. The van der Waals surface area contributed by atoms with E-state index in [1.165, 1.54) is 0 Å². The third kappa shape index (κ3) is 1.95. The molecular weight excluding hydrogens is 158 g/mol. The van der Waals surface area contributed by atoms with E-state index in [1.54, 1.807) is 0 Å². The zero-order valence-corrected chi connectivity index (χ0v) is 7.78. The molecule has 3 atom stereocenters. The smallest absolute Gasteiger partial charge is 0.163 e. The predicted molar refractivity (Wildman–Crippen MR) is 44.6 cm³/mol. The van der Waals surface area contributed by atoms with E-state index in [-0.39, 0.29) is 24.9 Å². The summed E-state index contributed by atoms with van der Waals surface area (Å²) >= 11 is 0. The second-order valence-electron chi connectivity index (χ2n) is 3.65. The Morgan fingerprint density at radius 1 is 1.50 bits per heavy atom. The summed E-state index contributed by atoms with van der Waals surface area (Å²) in [5.41, 5.74) is 5.63. The SMILES string of the molecule is C[C@H]1OC(C)(C)O[C@H]1[C@@H](N)CO. The molecule has 1 saturated heterocycles. The average molecular weight is 175 g/mol. The van der Waals surface area contributed by atoms with Gasteiger partial charge in [0.25, 0.3) is 0 Å². The first-order valence-electron chi connectivity index (χ1n) is 4.18. The average Bonchev–Trinajstić information content (AvgIpc) is 2.23. The minimum atomic E-state index is -0.573. The maximum absolute atomic E-state index is 8.82. The van der Waals surface area contributed by atoms with Gasteiger partial charge in [0.15, 0.2) is 5.79 Å². The summed E-state index contributed by atoms with van der Waals surface area (Å²) in [5.74, 6) is -0.573. The van der Waals surface area contributed by atoms with Crippen LogP contribution in [-0.2, 0) is 9.47 Å². The molecule has 4 heteroatoms. The Hall–Kier alpha value is -0.160. The van der Waals surface area contributed by atoms with Crippen molar-refractivity contribution < 1.29 is 14.6 Å². The van der Waals surface area contributed by atoms with Gasteiger partial charge in [-0.15, -0.1) is 0 Å². The van der Waals surface area contributed by atoms with Crippen molar-refractivity contribution in [3.8, 4) is 0 Å². The van der Waals surface area contributed by atoms with E-state index in [1.807, 2.05) is 20.8 Å². The van der Waals surface area contributed by atoms with Crippen LogP contribution in [0, 0.1) is 0 Å². The molecule has 0 bridgehead atoms. The minimum Gasteiger partial charge on any atom is -0.395 e. The van der Waals surface area contributed by atoms with Gasteiger partial charge in [0, 0.05) is 0 Å². The number of nitrogens with two attached hydrogens (primary N) is 1. The van der Waals surface area contributed by atoms with Crippen LogP contribution in [0.1, 0.15) is 20.8 Å². The highest BCUT2D eigenvalue weighted by Crippen LogP contribution is 2.28. The summed E-state index contributed by atoms with van der Waals surface area (Å²) in [6.07, 6.45) is -0.257. The van der Waals surface area contributed by atoms with Gasteiger partial charge in [-0.25, -0.2) is 0 Å². The number of hydrogen-bond acceptors (Lipinski definition) is 4. The zero-order chi connectivity index (χ0) is 9.35. The van der Waals surface area contributed by atoms with Gasteiger partial charge in [0.05, 0.1) is 18.8 Å².